The Balaban J connectivity index is 3.04. The molecule has 0 radical (unpaired) electrons. The lowest BCUT2D eigenvalue weighted by Gasteiger charge is -2.31. The van der Waals surface area contributed by atoms with Crippen LogP contribution in [-0.2, 0) is 6.18 Å². The summed E-state index contributed by atoms with van der Waals surface area (Å²) in [4.78, 5) is 6.60. The van der Waals surface area contributed by atoms with Crippen LogP contribution in [0.25, 0.3) is 0 Å². The van der Waals surface area contributed by atoms with Gasteiger partial charge in [-0.25, -0.2) is 9.97 Å². The van der Waals surface area contributed by atoms with Crippen molar-refractivity contribution in [1.29, 1.82) is 0 Å². The summed E-state index contributed by atoms with van der Waals surface area (Å²) in [6.07, 6.45) is -4.27. The molecule has 20 heavy (non-hydrogen) atoms. The number of nitrogens with one attached hydrogen (secondary N) is 1. The second-order valence-corrected chi connectivity index (χ2v) is 5.57. The number of aliphatic hydroxyl groups excluding tert-OH is 1. The van der Waals surface area contributed by atoms with Crippen LogP contribution < -0.4 is 11.1 Å². The van der Waals surface area contributed by atoms with Gasteiger partial charge < -0.3 is 16.2 Å². The van der Waals surface area contributed by atoms with Gasteiger partial charge in [0.1, 0.15) is 11.6 Å². The van der Waals surface area contributed by atoms with E-state index in [1.807, 2.05) is 20.8 Å². The van der Waals surface area contributed by atoms with Gasteiger partial charge in [-0.05, 0) is 11.8 Å². The third-order valence-electron chi connectivity index (χ3n) is 2.78. The number of anilines is 2. The van der Waals surface area contributed by atoms with Gasteiger partial charge >= 0.3 is 6.18 Å². The average molecular weight is 292 g/mol. The lowest BCUT2D eigenvalue weighted by molar-refractivity contribution is -0.144. The standard InChI is InChI=1S/C12H19F3N4O/c1-11(2,3)7(4-5-20)17-9-6-8(16)18-10(19-9)12(13,14)15/h6-7,20H,4-5H2,1-3H3,(H3,16,17,18,19). The topological polar surface area (TPSA) is 84.1 Å². The minimum absolute atomic E-state index is 0.00167. The summed E-state index contributed by atoms with van der Waals surface area (Å²) in [7, 11) is 0. The first-order valence-electron chi connectivity index (χ1n) is 6.13. The average Bonchev–Trinajstić information content (AvgIpc) is 2.25. The van der Waals surface area contributed by atoms with Crippen LogP contribution >= 0.6 is 0 Å². The van der Waals surface area contributed by atoms with E-state index in [2.05, 4.69) is 15.3 Å². The fourth-order valence-corrected chi connectivity index (χ4v) is 1.70. The third kappa shape index (κ3) is 4.52. The number of halogens is 3. The molecule has 0 aliphatic carbocycles. The Bertz CT molecular complexity index is 457. The van der Waals surface area contributed by atoms with Crippen molar-refractivity contribution in [1.82, 2.24) is 9.97 Å². The number of hydrogen-bond donors (Lipinski definition) is 3. The van der Waals surface area contributed by atoms with Crippen molar-refractivity contribution in [2.45, 2.75) is 39.4 Å². The number of aromatic nitrogens is 2. The maximum absolute atomic E-state index is 12.6. The summed E-state index contributed by atoms with van der Waals surface area (Å²) < 4.78 is 37.9. The van der Waals surface area contributed by atoms with Crippen molar-refractivity contribution >= 4 is 11.6 Å². The lowest BCUT2D eigenvalue weighted by atomic mass is 9.85. The van der Waals surface area contributed by atoms with Gasteiger partial charge in [0.25, 0.3) is 0 Å². The van der Waals surface area contributed by atoms with Gasteiger partial charge in [0.05, 0.1) is 0 Å². The number of hydrogen-bond acceptors (Lipinski definition) is 5. The summed E-state index contributed by atoms with van der Waals surface area (Å²) in [5.74, 6) is -1.54. The molecule has 1 heterocycles. The first-order chi connectivity index (χ1) is 9.04. The maximum Gasteiger partial charge on any atom is 0.451 e. The Kier molecular flexibility index (Phi) is 4.80. The van der Waals surface area contributed by atoms with Crippen LogP contribution in [0.3, 0.4) is 0 Å². The molecule has 0 aromatic carbocycles. The van der Waals surface area contributed by atoms with Crippen LogP contribution in [0.1, 0.15) is 33.0 Å². The van der Waals surface area contributed by atoms with Crippen molar-refractivity contribution in [3.8, 4) is 0 Å². The molecule has 0 bridgehead atoms. The number of alkyl halides is 3. The highest BCUT2D eigenvalue weighted by molar-refractivity contribution is 5.45. The quantitative estimate of drug-likeness (QED) is 0.793. The number of rotatable bonds is 4. The molecule has 0 aliphatic rings. The molecule has 0 aliphatic heterocycles. The molecule has 5 nitrogen and oxygen atoms in total. The molecule has 1 atom stereocenters. The Morgan fingerprint density at radius 1 is 1.30 bits per heavy atom. The van der Waals surface area contributed by atoms with E-state index in [1.54, 1.807) is 0 Å². The summed E-state index contributed by atoms with van der Waals surface area (Å²) in [5.41, 5.74) is 5.11. The number of nitrogens with two attached hydrogens (primary N) is 1. The molecule has 1 aromatic rings. The first-order valence-corrected chi connectivity index (χ1v) is 6.13. The highest BCUT2D eigenvalue weighted by Crippen LogP contribution is 2.29. The zero-order chi connectivity index (χ0) is 15.6. The minimum atomic E-state index is -4.65. The Morgan fingerprint density at radius 2 is 1.90 bits per heavy atom. The van der Waals surface area contributed by atoms with E-state index in [0.717, 1.165) is 0 Å². The van der Waals surface area contributed by atoms with Gasteiger partial charge in [-0.3, -0.25) is 0 Å². The molecular weight excluding hydrogens is 273 g/mol. The highest BCUT2D eigenvalue weighted by atomic mass is 19.4. The predicted octanol–water partition coefficient (Wildman–Crippen LogP) is 2.29. The molecule has 0 saturated heterocycles. The molecule has 4 N–H and O–H groups in total. The third-order valence-corrected chi connectivity index (χ3v) is 2.78. The van der Waals surface area contributed by atoms with Crippen molar-refractivity contribution < 1.29 is 18.3 Å². The van der Waals surface area contributed by atoms with E-state index in [4.69, 9.17) is 10.8 Å². The summed E-state index contributed by atoms with van der Waals surface area (Å²) >= 11 is 0. The van der Waals surface area contributed by atoms with Gasteiger partial charge in [-0.15, -0.1) is 0 Å². The van der Waals surface area contributed by atoms with Crippen LogP contribution in [0, 0.1) is 5.41 Å². The maximum atomic E-state index is 12.6. The van der Waals surface area contributed by atoms with Crippen molar-refractivity contribution in [2.24, 2.45) is 5.41 Å². The molecule has 0 saturated carbocycles. The lowest BCUT2D eigenvalue weighted by Crippen LogP contribution is -2.35. The molecule has 1 rings (SSSR count). The number of nitrogens with zero attached hydrogens (tertiary/aromatic N) is 2. The second kappa shape index (κ2) is 5.82. The SMILES string of the molecule is CC(C)(C)C(CCO)Nc1cc(N)nc(C(F)(F)F)n1. The Hall–Kier alpha value is -1.57. The molecule has 0 amide bonds. The number of aliphatic hydroxyl groups is 1. The molecule has 1 aromatic heterocycles. The van der Waals surface area contributed by atoms with Gasteiger partial charge in [-0.1, -0.05) is 20.8 Å². The minimum Gasteiger partial charge on any atom is -0.396 e. The summed E-state index contributed by atoms with van der Waals surface area (Å²) in [6, 6.07) is 0.994. The zero-order valence-electron chi connectivity index (χ0n) is 11.6. The van der Waals surface area contributed by atoms with E-state index < -0.39 is 12.0 Å². The Labute approximate surface area is 115 Å². The Morgan fingerprint density at radius 3 is 2.35 bits per heavy atom. The van der Waals surface area contributed by atoms with E-state index >= 15 is 0 Å². The molecule has 8 heteroatoms. The molecule has 1 unspecified atom stereocenters. The molecule has 0 spiro atoms. The monoisotopic (exact) mass is 292 g/mol. The van der Waals surface area contributed by atoms with E-state index in [9.17, 15) is 13.2 Å². The first kappa shape index (κ1) is 16.5. The van der Waals surface area contributed by atoms with E-state index in [-0.39, 0.29) is 29.7 Å². The van der Waals surface area contributed by atoms with Crippen LogP contribution in [-0.4, -0.2) is 27.7 Å². The molecular formula is C12H19F3N4O. The fraction of sp³-hybridized carbons (Fsp3) is 0.667. The van der Waals surface area contributed by atoms with Crippen molar-refractivity contribution in [3.05, 3.63) is 11.9 Å². The largest absolute Gasteiger partial charge is 0.451 e. The van der Waals surface area contributed by atoms with E-state index in [0.29, 0.717) is 6.42 Å². The number of nitrogen functional groups attached to an aromatic ring is 1. The van der Waals surface area contributed by atoms with E-state index in [1.165, 1.54) is 6.07 Å². The van der Waals surface area contributed by atoms with Crippen molar-refractivity contribution in [2.75, 3.05) is 17.7 Å². The second-order valence-electron chi connectivity index (χ2n) is 5.57. The summed E-state index contributed by atoms with van der Waals surface area (Å²) in [6.45, 7) is 5.66. The van der Waals surface area contributed by atoms with Gasteiger partial charge in [0, 0.05) is 18.7 Å². The predicted molar refractivity (Wildman–Crippen MR) is 70.0 cm³/mol. The van der Waals surface area contributed by atoms with Gasteiger partial charge in [-0.2, -0.15) is 13.2 Å². The van der Waals surface area contributed by atoms with Gasteiger partial charge in [0.15, 0.2) is 0 Å². The van der Waals surface area contributed by atoms with Crippen LogP contribution in [0.15, 0.2) is 6.07 Å². The van der Waals surface area contributed by atoms with Crippen LogP contribution in [0.2, 0.25) is 0 Å². The normalized spacial score (nSPS) is 14.2. The fourth-order valence-electron chi connectivity index (χ4n) is 1.70. The molecule has 114 valence electrons. The summed E-state index contributed by atoms with van der Waals surface area (Å²) in [5, 5.41) is 11.9. The highest BCUT2D eigenvalue weighted by Gasteiger charge is 2.35. The smallest absolute Gasteiger partial charge is 0.396 e. The van der Waals surface area contributed by atoms with Crippen LogP contribution in [0.5, 0.6) is 0 Å². The molecule has 0 fully saturated rings. The van der Waals surface area contributed by atoms with Gasteiger partial charge in [0.2, 0.25) is 5.82 Å². The van der Waals surface area contributed by atoms with Crippen molar-refractivity contribution in [3.63, 3.8) is 0 Å². The van der Waals surface area contributed by atoms with Crippen LogP contribution in [0.4, 0.5) is 24.8 Å². The zero-order valence-corrected chi connectivity index (χ0v) is 11.6.